The molecule has 0 radical (unpaired) electrons. The molecule has 0 bridgehead atoms. The summed E-state index contributed by atoms with van der Waals surface area (Å²) in [7, 11) is 0. The summed E-state index contributed by atoms with van der Waals surface area (Å²) in [4.78, 5) is 20.8. The van der Waals surface area contributed by atoms with Gasteiger partial charge in [0.25, 0.3) is 5.56 Å². The topological polar surface area (TPSA) is 57.8 Å². The fraction of sp³-hybridized carbons (Fsp3) is 0.100. The van der Waals surface area contributed by atoms with E-state index in [-0.39, 0.29) is 5.56 Å². The van der Waals surface area contributed by atoms with E-state index < -0.39 is 0 Å². The molecular weight excluding hydrogens is 366 g/mol. The first-order chi connectivity index (χ1) is 12.6. The Bertz CT molecular complexity index is 1130. The molecule has 0 atom stereocenters. The van der Waals surface area contributed by atoms with Crippen molar-refractivity contribution in [2.45, 2.75) is 13.5 Å². The van der Waals surface area contributed by atoms with Crippen molar-refractivity contribution in [3.8, 4) is 10.4 Å². The molecule has 4 aromatic rings. The van der Waals surface area contributed by atoms with Gasteiger partial charge in [-0.3, -0.25) is 9.78 Å². The number of rotatable bonds is 4. The molecule has 0 spiro atoms. The molecular formula is C20H16ClN3OS. The molecule has 2 N–H and O–H groups in total. The van der Waals surface area contributed by atoms with Gasteiger partial charge in [-0.1, -0.05) is 59.6 Å². The number of aromatic nitrogens is 2. The number of H-pyrrole nitrogens is 1. The maximum absolute atomic E-state index is 12.4. The standard InChI is InChI=1S/C20H16ClN3OS/c1-12-6-8-13(9-7-12)17-10-16-18(26-17)19(25)24-20(23-16)22-11-14-4-2-3-5-15(14)21/h2-10H,11H2,1H3,(H2,22,23,24,25). The first-order valence-electron chi connectivity index (χ1n) is 8.18. The van der Waals surface area contributed by atoms with E-state index in [9.17, 15) is 4.79 Å². The molecule has 2 aromatic carbocycles. The van der Waals surface area contributed by atoms with Crippen LogP contribution in [0.5, 0.6) is 0 Å². The van der Waals surface area contributed by atoms with E-state index in [1.165, 1.54) is 16.9 Å². The van der Waals surface area contributed by atoms with Crippen LogP contribution in [0.3, 0.4) is 0 Å². The minimum Gasteiger partial charge on any atom is -0.352 e. The van der Waals surface area contributed by atoms with Gasteiger partial charge >= 0.3 is 0 Å². The lowest BCUT2D eigenvalue weighted by Gasteiger charge is -2.06. The molecule has 6 heteroatoms. The van der Waals surface area contributed by atoms with Gasteiger partial charge in [0, 0.05) is 16.4 Å². The molecule has 26 heavy (non-hydrogen) atoms. The first kappa shape index (κ1) is 16.8. The van der Waals surface area contributed by atoms with Gasteiger partial charge in [0.2, 0.25) is 5.95 Å². The molecule has 4 nitrogen and oxygen atoms in total. The minimum absolute atomic E-state index is 0.139. The lowest BCUT2D eigenvalue weighted by atomic mass is 10.1. The van der Waals surface area contributed by atoms with Crippen LogP contribution in [0.4, 0.5) is 5.95 Å². The predicted molar refractivity (Wildman–Crippen MR) is 109 cm³/mol. The molecule has 0 aliphatic carbocycles. The van der Waals surface area contributed by atoms with Gasteiger partial charge < -0.3 is 5.32 Å². The zero-order chi connectivity index (χ0) is 18.1. The van der Waals surface area contributed by atoms with Crippen molar-refractivity contribution in [1.29, 1.82) is 0 Å². The van der Waals surface area contributed by atoms with Crippen LogP contribution in [-0.4, -0.2) is 9.97 Å². The number of halogens is 1. The van der Waals surface area contributed by atoms with Crippen molar-refractivity contribution in [3.05, 3.63) is 81.1 Å². The van der Waals surface area contributed by atoms with Crippen molar-refractivity contribution >= 4 is 39.1 Å². The van der Waals surface area contributed by atoms with E-state index in [0.29, 0.717) is 27.7 Å². The van der Waals surface area contributed by atoms with Crippen molar-refractivity contribution < 1.29 is 0 Å². The van der Waals surface area contributed by atoms with Crippen molar-refractivity contribution in [1.82, 2.24) is 9.97 Å². The fourth-order valence-electron chi connectivity index (χ4n) is 2.70. The van der Waals surface area contributed by atoms with Crippen LogP contribution < -0.4 is 10.9 Å². The minimum atomic E-state index is -0.139. The lowest BCUT2D eigenvalue weighted by molar-refractivity contribution is 1.06. The Balaban J connectivity index is 1.65. The number of hydrogen-bond acceptors (Lipinski definition) is 4. The van der Waals surface area contributed by atoms with Crippen LogP contribution in [0, 0.1) is 6.92 Å². The fourth-order valence-corrected chi connectivity index (χ4v) is 3.90. The summed E-state index contributed by atoms with van der Waals surface area (Å²) in [5.74, 6) is 0.440. The molecule has 130 valence electrons. The molecule has 0 saturated heterocycles. The molecule has 0 unspecified atom stereocenters. The summed E-state index contributed by atoms with van der Waals surface area (Å²) in [5, 5.41) is 3.83. The number of hydrogen-bond donors (Lipinski definition) is 2. The number of anilines is 1. The van der Waals surface area contributed by atoms with E-state index in [0.717, 1.165) is 16.0 Å². The van der Waals surface area contributed by atoms with Crippen molar-refractivity contribution in [2.75, 3.05) is 5.32 Å². The van der Waals surface area contributed by atoms with E-state index in [2.05, 4.69) is 46.5 Å². The second kappa shape index (κ2) is 6.94. The van der Waals surface area contributed by atoms with E-state index in [1.54, 1.807) is 0 Å². The van der Waals surface area contributed by atoms with Gasteiger partial charge in [-0.25, -0.2) is 4.98 Å². The molecule has 4 rings (SSSR count). The highest BCUT2D eigenvalue weighted by molar-refractivity contribution is 7.22. The molecule has 0 aliphatic rings. The van der Waals surface area contributed by atoms with E-state index >= 15 is 0 Å². The Labute approximate surface area is 159 Å². The average molecular weight is 382 g/mol. The molecule has 0 amide bonds. The van der Waals surface area contributed by atoms with Gasteiger partial charge in [0.1, 0.15) is 4.70 Å². The Morgan fingerprint density at radius 1 is 1.15 bits per heavy atom. The number of aryl methyl sites for hydroxylation is 1. The molecule has 0 saturated carbocycles. The number of aromatic amines is 1. The Hall–Kier alpha value is -2.63. The van der Waals surface area contributed by atoms with Gasteiger partial charge in [0.05, 0.1) is 5.52 Å². The number of nitrogens with one attached hydrogen (secondary N) is 2. The van der Waals surface area contributed by atoms with Gasteiger partial charge in [0.15, 0.2) is 0 Å². The predicted octanol–water partition coefficient (Wildman–Crippen LogP) is 5.23. The van der Waals surface area contributed by atoms with Crippen LogP contribution >= 0.6 is 22.9 Å². The summed E-state index contributed by atoms with van der Waals surface area (Å²) < 4.78 is 0.629. The Kier molecular flexibility index (Phi) is 4.49. The average Bonchev–Trinajstić information content (AvgIpc) is 3.06. The lowest BCUT2D eigenvalue weighted by Crippen LogP contribution is -2.12. The zero-order valence-corrected chi connectivity index (χ0v) is 15.6. The Morgan fingerprint density at radius 2 is 1.92 bits per heavy atom. The largest absolute Gasteiger partial charge is 0.352 e. The normalized spacial score (nSPS) is 11.0. The second-order valence-corrected chi connectivity index (χ2v) is 7.51. The highest BCUT2D eigenvalue weighted by atomic mass is 35.5. The third kappa shape index (κ3) is 3.36. The summed E-state index contributed by atoms with van der Waals surface area (Å²) >= 11 is 7.62. The molecule has 0 aliphatic heterocycles. The summed E-state index contributed by atoms with van der Waals surface area (Å²) in [6.07, 6.45) is 0. The number of nitrogens with zero attached hydrogens (tertiary/aromatic N) is 1. The van der Waals surface area contributed by atoms with Gasteiger partial charge in [-0.05, 0) is 30.2 Å². The van der Waals surface area contributed by atoms with E-state index in [1.807, 2.05) is 30.3 Å². The summed E-state index contributed by atoms with van der Waals surface area (Å²) in [5.41, 5.74) is 3.79. The second-order valence-electron chi connectivity index (χ2n) is 6.05. The number of benzene rings is 2. The smallest absolute Gasteiger partial charge is 0.270 e. The van der Waals surface area contributed by atoms with Gasteiger partial charge in [-0.2, -0.15) is 0 Å². The number of fused-ring (bicyclic) bond motifs is 1. The first-order valence-corrected chi connectivity index (χ1v) is 9.38. The highest BCUT2D eigenvalue weighted by Crippen LogP contribution is 2.31. The maximum Gasteiger partial charge on any atom is 0.270 e. The SMILES string of the molecule is Cc1ccc(-c2cc3nc(NCc4ccccc4Cl)[nH]c(=O)c3s2)cc1. The van der Waals surface area contributed by atoms with Gasteiger partial charge in [-0.15, -0.1) is 11.3 Å². The Morgan fingerprint density at radius 3 is 2.69 bits per heavy atom. The quantitative estimate of drug-likeness (QED) is 0.509. The third-order valence-corrected chi connectivity index (χ3v) is 5.66. The van der Waals surface area contributed by atoms with Crippen molar-refractivity contribution in [3.63, 3.8) is 0 Å². The number of thiophene rings is 1. The third-order valence-electron chi connectivity index (χ3n) is 4.12. The highest BCUT2D eigenvalue weighted by Gasteiger charge is 2.10. The van der Waals surface area contributed by atoms with Crippen LogP contribution in [0.1, 0.15) is 11.1 Å². The molecule has 2 aromatic heterocycles. The van der Waals surface area contributed by atoms with Crippen LogP contribution in [0.2, 0.25) is 5.02 Å². The monoisotopic (exact) mass is 381 g/mol. The van der Waals surface area contributed by atoms with Crippen LogP contribution in [-0.2, 0) is 6.54 Å². The van der Waals surface area contributed by atoms with Crippen molar-refractivity contribution in [2.24, 2.45) is 0 Å². The summed E-state index contributed by atoms with van der Waals surface area (Å²) in [6, 6.07) is 17.8. The van der Waals surface area contributed by atoms with Crippen LogP contribution in [0.15, 0.2) is 59.4 Å². The summed E-state index contributed by atoms with van der Waals surface area (Å²) in [6.45, 7) is 2.54. The zero-order valence-electron chi connectivity index (χ0n) is 14.0. The maximum atomic E-state index is 12.4. The molecule has 0 fully saturated rings. The van der Waals surface area contributed by atoms with E-state index in [4.69, 9.17) is 11.6 Å². The molecule has 2 heterocycles. The van der Waals surface area contributed by atoms with Crippen LogP contribution in [0.25, 0.3) is 20.7 Å².